The molecule has 74 heavy (non-hydrogen) atoms. The number of rotatable bonds is 30. The van der Waals surface area contributed by atoms with Crippen molar-refractivity contribution >= 4 is 35.6 Å². The third kappa shape index (κ3) is 17.1. The summed E-state index contributed by atoms with van der Waals surface area (Å²) in [5.74, 6) is 2.53. The predicted molar refractivity (Wildman–Crippen MR) is 270 cm³/mol. The number of phenolic OH excluding ortho intramolecular Hbond substituents is 1. The summed E-state index contributed by atoms with van der Waals surface area (Å²) in [6.07, 6.45) is 11.7. The van der Waals surface area contributed by atoms with E-state index in [0.717, 1.165) is 24.8 Å². The molecule has 2 amide bonds. The van der Waals surface area contributed by atoms with Gasteiger partial charge in [0.05, 0.1) is 68.9 Å². The minimum atomic E-state index is -1.04. The normalized spacial score (nSPS) is 15.9. The maximum atomic E-state index is 14.3. The van der Waals surface area contributed by atoms with Crippen molar-refractivity contribution in [2.45, 2.75) is 83.0 Å². The van der Waals surface area contributed by atoms with E-state index in [9.17, 15) is 24.6 Å². The lowest BCUT2D eigenvalue weighted by Crippen LogP contribution is -3.00. The number of carbonyl (C=O) groups is 3. The molecule has 0 radical (unpaired) electrons. The SMILES string of the molecule is C#CCOCCOCCOCCNc1nc(N2CCN(C(=O)[C@H](CCC(=O)O)n3cc(C(N)Cc4ccc(O)cc4)nn3)CC2)nc(N2CCN(C(=O)[C@H](CCCCN)n3cc(C(N)[C@H](C)CC)nn3)CC2)n1.[Cl-]. The number of anilines is 3. The minimum Gasteiger partial charge on any atom is -1.00 e. The zero-order valence-electron chi connectivity index (χ0n) is 42.5. The van der Waals surface area contributed by atoms with Crippen LogP contribution in [-0.4, -0.2) is 188 Å². The molecule has 0 bridgehead atoms. The van der Waals surface area contributed by atoms with Crippen LogP contribution in [0, 0.1) is 18.3 Å². The van der Waals surface area contributed by atoms with Crippen LogP contribution in [0.2, 0.25) is 0 Å². The van der Waals surface area contributed by atoms with Crippen LogP contribution in [0.3, 0.4) is 0 Å². The Morgan fingerprint density at radius 1 is 0.770 bits per heavy atom. The van der Waals surface area contributed by atoms with Gasteiger partial charge in [-0.05, 0) is 62.3 Å². The zero-order valence-corrected chi connectivity index (χ0v) is 43.2. The molecule has 406 valence electrons. The molecule has 26 heteroatoms. The van der Waals surface area contributed by atoms with E-state index in [2.05, 4.69) is 45.7 Å². The van der Waals surface area contributed by atoms with Crippen LogP contribution in [0.5, 0.6) is 5.75 Å². The van der Waals surface area contributed by atoms with Crippen LogP contribution in [0.1, 0.15) is 93.5 Å². The topological polar surface area (TPSA) is 322 Å². The van der Waals surface area contributed by atoms with Gasteiger partial charge in [0, 0.05) is 65.3 Å². The van der Waals surface area contributed by atoms with Gasteiger partial charge in [0.1, 0.15) is 24.4 Å². The number of aliphatic carboxylic acids is 1. The van der Waals surface area contributed by atoms with Crippen LogP contribution >= 0.6 is 0 Å². The number of hydrogen-bond donors (Lipinski definition) is 6. The number of aromatic nitrogens is 9. The molecule has 5 heterocycles. The number of ether oxygens (including phenoxy) is 3. The first-order chi connectivity index (χ1) is 35.4. The molecule has 0 aliphatic carbocycles. The molecule has 2 aliphatic rings. The Balaban J connectivity index is 0.0000101. The van der Waals surface area contributed by atoms with Crippen molar-refractivity contribution in [3.8, 4) is 18.1 Å². The van der Waals surface area contributed by atoms with Gasteiger partial charge in [0.15, 0.2) is 0 Å². The maximum absolute atomic E-state index is 14.3. The maximum Gasteiger partial charge on any atom is 0.303 e. The number of amides is 2. The molecule has 9 N–H and O–H groups in total. The average Bonchev–Trinajstić information content (AvgIpc) is 4.11. The third-order valence-corrected chi connectivity index (χ3v) is 13.0. The molecule has 25 nitrogen and oxygen atoms in total. The lowest BCUT2D eigenvalue weighted by molar-refractivity contribution is -0.139. The number of hydrogen-bond acceptors (Lipinski definition) is 20. The second kappa shape index (κ2) is 30.2. The van der Waals surface area contributed by atoms with E-state index in [0.29, 0.717) is 141 Å². The first-order valence-electron chi connectivity index (χ1n) is 25.2. The monoisotopic (exact) mass is 1050 g/mol. The molecule has 1 aromatic carbocycles. The molecule has 3 aromatic heterocycles. The fourth-order valence-corrected chi connectivity index (χ4v) is 8.42. The van der Waals surface area contributed by atoms with Crippen LogP contribution in [-0.2, 0) is 35.0 Å². The molecule has 2 fully saturated rings. The molecule has 5 atom stereocenters. The van der Waals surface area contributed by atoms with Crippen molar-refractivity contribution in [3.63, 3.8) is 0 Å². The highest BCUT2D eigenvalue weighted by molar-refractivity contribution is 5.81. The predicted octanol–water partition coefficient (Wildman–Crippen LogP) is -2.08. The van der Waals surface area contributed by atoms with E-state index in [1.165, 1.54) is 4.68 Å². The number of nitrogens with zero attached hydrogens (tertiary/aromatic N) is 13. The second-order valence-corrected chi connectivity index (χ2v) is 18.2. The summed E-state index contributed by atoms with van der Waals surface area (Å²) in [4.78, 5) is 62.3. The van der Waals surface area contributed by atoms with Crippen molar-refractivity contribution in [2.75, 3.05) is 120 Å². The minimum absolute atomic E-state index is 0. The number of benzene rings is 1. The highest BCUT2D eigenvalue weighted by Gasteiger charge is 2.34. The number of nitrogens with two attached hydrogens (primary N) is 3. The summed E-state index contributed by atoms with van der Waals surface area (Å²) in [7, 11) is 0. The van der Waals surface area contributed by atoms with Crippen LogP contribution in [0.25, 0.3) is 0 Å². The lowest BCUT2D eigenvalue weighted by atomic mass is 9.98. The van der Waals surface area contributed by atoms with Gasteiger partial charge < -0.3 is 78.9 Å². The Hall–Kier alpha value is -6.27. The number of carboxylic acid groups (broad SMARTS) is 1. The molecule has 2 unspecified atom stereocenters. The van der Waals surface area contributed by atoms with E-state index < -0.39 is 24.1 Å². The van der Waals surface area contributed by atoms with Gasteiger partial charge in [-0.1, -0.05) is 48.7 Å². The Morgan fingerprint density at radius 3 is 1.86 bits per heavy atom. The average molecular weight is 1050 g/mol. The molecular weight excluding hydrogens is 978 g/mol. The number of carboxylic acids is 1. The highest BCUT2D eigenvalue weighted by Crippen LogP contribution is 2.27. The number of nitrogens with one attached hydrogen (secondary N) is 1. The van der Waals surface area contributed by atoms with Gasteiger partial charge in [-0.25, -0.2) is 9.36 Å². The van der Waals surface area contributed by atoms with Gasteiger partial charge in [-0.3, -0.25) is 14.4 Å². The van der Waals surface area contributed by atoms with E-state index in [-0.39, 0.29) is 61.4 Å². The number of carbonyl (C=O) groups excluding carboxylic acids is 2. The largest absolute Gasteiger partial charge is 1.00 e. The van der Waals surface area contributed by atoms with Crippen molar-refractivity contribution in [3.05, 3.63) is 53.6 Å². The number of phenols is 1. The number of piperazine rings is 2. The number of terminal acetylenes is 1. The van der Waals surface area contributed by atoms with Crippen LogP contribution < -0.4 is 44.7 Å². The van der Waals surface area contributed by atoms with Gasteiger partial charge in [0.2, 0.25) is 29.7 Å². The smallest absolute Gasteiger partial charge is 0.303 e. The van der Waals surface area contributed by atoms with Crippen molar-refractivity contribution < 1.29 is 51.2 Å². The quantitative estimate of drug-likeness (QED) is 0.0241. The van der Waals surface area contributed by atoms with E-state index in [1.807, 2.05) is 14.7 Å². The van der Waals surface area contributed by atoms with Crippen LogP contribution in [0.4, 0.5) is 17.8 Å². The number of unbranched alkanes of at least 4 members (excludes halogenated alkanes) is 1. The molecule has 4 aromatic rings. The molecule has 2 aliphatic heterocycles. The van der Waals surface area contributed by atoms with Crippen molar-refractivity contribution in [1.29, 1.82) is 0 Å². The molecule has 0 spiro atoms. The summed E-state index contributed by atoms with van der Waals surface area (Å²) >= 11 is 0. The second-order valence-electron chi connectivity index (χ2n) is 18.2. The number of halogens is 1. The van der Waals surface area contributed by atoms with Gasteiger partial charge in [0.25, 0.3) is 0 Å². The molecular formula is C48H73ClN17O8-. The summed E-state index contributed by atoms with van der Waals surface area (Å²) < 4.78 is 19.6. The zero-order chi connectivity index (χ0) is 52.1. The fraction of sp³-hybridized carbons (Fsp3) is 0.625. The van der Waals surface area contributed by atoms with E-state index in [4.69, 9.17) is 52.8 Å². The fourth-order valence-electron chi connectivity index (χ4n) is 8.42. The van der Waals surface area contributed by atoms with E-state index >= 15 is 0 Å². The first-order valence-corrected chi connectivity index (χ1v) is 25.2. The Labute approximate surface area is 438 Å². The van der Waals surface area contributed by atoms with Crippen LogP contribution in [0.15, 0.2) is 36.7 Å². The Bertz CT molecular complexity index is 2370. The third-order valence-electron chi connectivity index (χ3n) is 13.0. The Kier molecular flexibility index (Phi) is 23.9. The van der Waals surface area contributed by atoms with Gasteiger partial charge >= 0.3 is 5.97 Å². The van der Waals surface area contributed by atoms with Gasteiger partial charge in [-0.15, -0.1) is 16.6 Å². The summed E-state index contributed by atoms with van der Waals surface area (Å²) in [6.45, 7) is 10.3. The summed E-state index contributed by atoms with van der Waals surface area (Å²) in [6, 6.07) is 4.34. The number of aromatic hydroxyl groups is 1. The first kappa shape index (κ1) is 58.6. The summed E-state index contributed by atoms with van der Waals surface area (Å²) in [5, 5.41) is 39.8. The van der Waals surface area contributed by atoms with E-state index in [1.54, 1.807) is 46.2 Å². The van der Waals surface area contributed by atoms with Crippen molar-refractivity contribution in [1.82, 2.24) is 54.7 Å². The summed E-state index contributed by atoms with van der Waals surface area (Å²) in [5.41, 5.74) is 20.8. The lowest BCUT2D eigenvalue weighted by Gasteiger charge is -2.38. The molecule has 0 saturated carbocycles. The molecule has 2 saturated heterocycles. The standard InChI is InChI=1S/C48H73N17O8.ClH/c1-4-25-71-27-29-73-30-28-72-26-16-52-46-53-47(62-21-17-60(18-22-62)44(69)40(8-6-7-15-49)65-33-39(57-59-65)43(51)34(3)5-2)55-48(54-46)63-23-19-61(20-24-63)45(70)41(13-14-42(67)68)64-32-38(56-58-64)37(50)31-35-9-11-36(66)12-10-35;/h1,9-12,32-34,37,40-41,43,66H,5-8,13-31,49-51H2,2-3H3,(H,67,68)(H,52,53,54,55);1H/p-1/t34-,37?,40+,41+,43?;/m1./s1. The Morgan fingerprint density at radius 2 is 1.31 bits per heavy atom. The van der Waals surface area contributed by atoms with Gasteiger partial charge in [-0.2, -0.15) is 15.0 Å². The highest BCUT2D eigenvalue weighted by atomic mass is 35.5. The molecule has 6 rings (SSSR count). The van der Waals surface area contributed by atoms with Crippen molar-refractivity contribution in [2.24, 2.45) is 23.1 Å².